The summed E-state index contributed by atoms with van der Waals surface area (Å²) in [4.78, 5) is 29.5. The molecule has 0 spiro atoms. The molecule has 0 saturated carbocycles. The third kappa shape index (κ3) is 4.08. The van der Waals surface area contributed by atoms with Gasteiger partial charge < -0.3 is 19.9 Å². The van der Waals surface area contributed by atoms with Crippen molar-refractivity contribution in [1.82, 2.24) is 15.8 Å². The number of methoxy groups -OCH3 is 1. The van der Waals surface area contributed by atoms with Gasteiger partial charge in [-0.25, -0.2) is 5.48 Å². The number of hydrogen-bond acceptors (Lipinski definition) is 5. The van der Waals surface area contributed by atoms with Crippen molar-refractivity contribution in [1.29, 1.82) is 0 Å². The Morgan fingerprint density at radius 2 is 1.80 bits per heavy atom. The molecular weight excluding hydrogens is 384 g/mol. The molecule has 0 radical (unpaired) electrons. The summed E-state index contributed by atoms with van der Waals surface area (Å²) in [5.41, 5.74) is 4.48. The van der Waals surface area contributed by atoms with Gasteiger partial charge >= 0.3 is 0 Å². The number of anilines is 1. The predicted molar refractivity (Wildman–Crippen MR) is 113 cm³/mol. The van der Waals surface area contributed by atoms with Crippen LogP contribution in [0.5, 0.6) is 5.75 Å². The highest BCUT2D eigenvalue weighted by Gasteiger charge is 2.22. The van der Waals surface area contributed by atoms with E-state index in [4.69, 9.17) is 9.94 Å². The van der Waals surface area contributed by atoms with Crippen LogP contribution in [0, 0.1) is 0 Å². The number of carbonyl (C=O) groups is 2. The molecule has 4 N–H and O–H groups in total. The monoisotopic (exact) mass is 408 g/mol. The van der Waals surface area contributed by atoms with Crippen LogP contribution in [0.2, 0.25) is 0 Å². The molecule has 1 saturated heterocycles. The molecule has 4 rings (SSSR count). The molecule has 8 heteroatoms. The van der Waals surface area contributed by atoms with Gasteiger partial charge in [0.2, 0.25) is 0 Å². The summed E-state index contributed by atoms with van der Waals surface area (Å²) in [6.45, 7) is 1.61. The van der Waals surface area contributed by atoms with Gasteiger partial charge in [0, 0.05) is 41.3 Å². The van der Waals surface area contributed by atoms with E-state index in [2.05, 4.69) is 15.2 Å². The van der Waals surface area contributed by atoms with Crippen LogP contribution in [0.25, 0.3) is 10.9 Å². The number of rotatable bonds is 5. The topological polar surface area (TPSA) is 107 Å². The van der Waals surface area contributed by atoms with Crippen LogP contribution in [-0.2, 0) is 0 Å². The van der Waals surface area contributed by atoms with Crippen LogP contribution in [0.4, 0.5) is 5.69 Å². The first-order valence-corrected chi connectivity index (χ1v) is 9.84. The Morgan fingerprint density at radius 3 is 2.47 bits per heavy atom. The fourth-order valence-electron chi connectivity index (χ4n) is 3.79. The Morgan fingerprint density at radius 1 is 1.07 bits per heavy atom. The van der Waals surface area contributed by atoms with Crippen molar-refractivity contribution in [2.75, 3.05) is 25.1 Å². The fourth-order valence-corrected chi connectivity index (χ4v) is 3.79. The second-order valence-corrected chi connectivity index (χ2v) is 7.36. The first-order chi connectivity index (χ1) is 14.6. The molecule has 2 amide bonds. The number of piperidine rings is 1. The number of H-pyrrole nitrogens is 1. The van der Waals surface area contributed by atoms with Crippen molar-refractivity contribution in [3.63, 3.8) is 0 Å². The zero-order chi connectivity index (χ0) is 21.1. The molecule has 156 valence electrons. The summed E-state index contributed by atoms with van der Waals surface area (Å²) in [5, 5.41) is 12.8. The highest BCUT2D eigenvalue weighted by Crippen LogP contribution is 2.23. The summed E-state index contributed by atoms with van der Waals surface area (Å²) in [6.07, 6.45) is 1.66. The average Bonchev–Trinajstić information content (AvgIpc) is 3.22. The van der Waals surface area contributed by atoms with Gasteiger partial charge in [-0.2, -0.15) is 0 Å². The molecular formula is C22H24N4O4. The molecule has 8 nitrogen and oxygen atoms in total. The van der Waals surface area contributed by atoms with Gasteiger partial charge in [-0.3, -0.25) is 14.8 Å². The van der Waals surface area contributed by atoms with Gasteiger partial charge in [-0.05, 0) is 61.4 Å². The van der Waals surface area contributed by atoms with E-state index in [1.165, 1.54) is 0 Å². The first-order valence-electron chi connectivity index (χ1n) is 9.84. The maximum atomic E-state index is 12.7. The lowest BCUT2D eigenvalue weighted by Gasteiger charge is -2.34. The Hall–Kier alpha value is -3.52. The number of hydroxylamine groups is 1. The molecule has 2 aromatic carbocycles. The van der Waals surface area contributed by atoms with Crippen molar-refractivity contribution in [2.24, 2.45) is 0 Å². The molecule has 3 aromatic rings. The number of benzene rings is 2. The van der Waals surface area contributed by atoms with Crippen molar-refractivity contribution in [2.45, 2.75) is 18.9 Å². The van der Waals surface area contributed by atoms with E-state index in [-0.39, 0.29) is 11.9 Å². The minimum absolute atomic E-state index is 0.106. The maximum absolute atomic E-state index is 12.7. The lowest BCUT2D eigenvalue weighted by molar-refractivity contribution is 0.0706. The van der Waals surface area contributed by atoms with Crippen molar-refractivity contribution in [3.05, 3.63) is 59.8 Å². The Labute approximate surface area is 173 Å². The van der Waals surface area contributed by atoms with Crippen LogP contribution in [0.3, 0.4) is 0 Å². The molecule has 2 heterocycles. The molecule has 0 bridgehead atoms. The van der Waals surface area contributed by atoms with Crippen LogP contribution in [0.1, 0.15) is 33.7 Å². The molecule has 1 aliphatic heterocycles. The summed E-state index contributed by atoms with van der Waals surface area (Å²) < 4.78 is 5.23. The van der Waals surface area contributed by atoms with E-state index in [9.17, 15) is 9.59 Å². The van der Waals surface area contributed by atoms with Gasteiger partial charge in [0.1, 0.15) is 11.4 Å². The number of aromatic nitrogens is 1. The van der Waals surface area contributed by atoms with Crippen molar-refractivity contribution in [3.8, 4) is 5.75 Å². The SMILES string of the molecule is COc1ccc2[nH]c(C(=O)NC3CCN(c4ccc(C(=O)NO)cc4)CC3)cc2c1. The Kier molecular flexibility index (Phi) is 5.58. The third-order valence-electron chi connectivity index (χ3n) is 5.50. The first kappa shape index (κ1) is 19.8. The molecule has 0 unspecified atom stereocenters. The number of nitrogens with zero attached hydrogens (tertiary/aromatic N) is 1. The number of carbonyl (C=O) groups excluding carboxylic acids is 2. The Balaban J connectivity index is 1.34. The quantitative estimate of drug-likeness (QED) is 0.384. The zero-order valence-electron chi connectivity index (χ0n) is 16.6. The number of fused-ring (bicyclic) bond motifs is 1. The van der Waals surface area contributed by atoms with E-state index >= 15 is 0 Å². The van der Waals surface area contributed by atoms with Crippen molar-refractivity contribution < 1.29 is 19.5 Å². The predicted octanol–water partition coefficient (Wildman–Crippen LogP) is 2.69. The van der Waals surface area contributed by atoms with E-state index in [1.807, 2.05) is 36.4 Å². The van der Waals surface area contributed by atoms with Gasteiger partial charge in [0.25, 0.3) is 11.8 Å². The second kappa shape index (κ2) is 8.46. The van der Waals surface area contributed by atoms with Gasteiger partial charge in [0.05, 0.1) is 7.11 Å². The van der Waals surface area contributed by atoms with E-state index in [1.54, 1.807) is 24.7 Å². The largest absolute Gasteiger partial charge is 0.497 e. The molecule has 1 fully saturated rings. The average molecular weight is 408 g/mol. The number of aromatic amines is 1. The highest BCUT2D eigenvalue weighted by molar-refractivity contribution is 5.98. The highest BCUT2D eigenvalue weighted by atomic mass is 16.5. The van der Waals surface area contributed by atoms with Gasteiger partial charge in [-0.15, -0.1) is 0 Å². The number of nitrogens with one attached hydrogen (secondary N) is 3. The number of hydrogen-bond donors (Lipinski definition) is 4. The standard InChI is InChI=1S/C22H24N4O4/c1-30-18-6-7-19-15(12-18)13-20(24-19)22(28)23-16-8-10-26(11-9-16)17-4-2-14(3-5-17)21(27)25-29/h2-7,12-13,16,24,29H,8-11H2,1H3,(H,23,28)(H,25,27). The number of amides is 2. The van der Waals surface area contributed by atoms with Gasteiger partial charge in [0.15, 0.2) is 0 Å². The molecule has 1 aliphatic rings. The lowest BCUT2D eigenvalue weighted by Crippen LogP contribution is -2.44. The molecule has 30 heavy (non-hydrogen) atoms. The zero-order valence-corrected chi connectivity index (χ0v) is 16.6. The van der Waals surface area contributed by atoms with Crippen LogP contribution in [0.15, 0.2) is 48.5 Å². The molecule has 0 atom stereocenters. The van der Waals surface area contributed by atoms with Crippen LogP contribution in [-0.4, -0.2) is 48.2 Å². The van der Waals surface area contributed by atoms with E-state index in [0.717, 1.165) is 48.3 Å². The summed E-state index contributed by atoms with van der Waals surface area (Å²) in [5.74, 6) is 0.118. The lowest BCUT2D eigenvalue weighted by atomic mass is 10.0. The van der Waals surface area contributed by atoms with E-state index in [0.29, 0.717) is 11.3 Å². The van der Waals surface area contributed by atoms with Crippen molar-refractivity contribution >= 4 is 28.4 Å². The minimum atomic E-state index is -0.529. The van der Waals surface area contributed by atoms with Crippen LogP contribution >= 0.6 is 0 Å². The summed E-state index contributed by atoms with van der Waals surface area (Å²) >= 11 is 0. The smallest absolute Gasteiger partial charge is 0.274 e. The summed E-state index contributed by atoms with van der Waals surface area (Å²) in [7, 11) is 1.62. The molecule has 1 aromatic heterocycles. The normalized spacial score (nSPS) is 14.5. The van der Waals surface area contributed by atoms with E-state index < -0.39 is 5.91 Å². The maximum Gasteiger partial charge on any atom is 0.274 e. The summed E-state index contributed by atoms with van der Waals surface area (Å²) in [6, 6.07) is 14.7. The number of ether oxygens (including phenoxy) is 1. The van der Waals surface area contributed by atoms with Crippen LogP contribution < -0.4 is 20.4 Å². The molecule has 0 aliphatic carbocycles. The Bertz CT molecular complexity index is 1050. The second-order valence-electron chi connectivity index (χ2n) is 7.36. The third-order valence-corrected chi connectivity index (χ3v) is 5.50. The van der Waals surface area contributed by atoms with Gasteiger partial charge in [-0.1, -0.05) is 0 Å². The fraction of sp³-hybridized carbons (Fsp3) is 0.273. The minimum Gasteiger partial charge on any atom is -0.497 e.